The van der Waals surface area contributed by atoms with E-state index in [-0.39, 0.29) is 11.9 Å². The predicted octanol–water partition coefficient (Wildman–Crippen LogP) is 1.70. The zero-order valence-electron chi connectivity index (χ0n) is 13.6. The van der Waals surface area contributed by atoms with Crippen molar-refractivity contribution in [3.05, 3.63) is 40.7 Å². The molecule has 6 heteroatoms. The van der Waals surface area contributed by atoms with Gasteiger partial charge >= 0.3 is 0 Å². The van der Waals surface area contributed by atoms with Gasteiger partial charge in [0.05, 0.1) is 25.3 Å². The quantitative estimate of drug-likeness (QED) is 0.900. The van der Waals surface area contributed by atoms with Gasteiger partial charge in [0.2, 0.25) is 5.91 Å². The van der Waals surface area contributed by atoms with E-state index in [1.807, 2.05) is 32.0 Å². The first kappa shape index (κ1) is 15.4. The summed E-state index contributed by atoms with van der Waals surface area (Å²) < 4.78 is 11.1. The Bertz CT molecular complexity index is 704. The summed E-state index contributed by atoms with van der Waals surface area (Å²) in [6.45, 7) is 4.27. The van der Waals surface area contributed by atoms with E-state index in [2.05, 4.69) is 15.5 Å². The number of hydrogen-bond acceptors (Lipinski definition) is 4. The Morgan fingerprint density at radius 3 is 3.00 bits per heavy atom. The number of H-pyrrole nitrogens is 1. The zero-order valence-corrected chi connectivity index (χ0v) is 13.6. The molecule has 1 aromatic heterocycles. The molecule has 1 aromatic carbocycles. The summed E-state index contributed by atoms with van der Waals surface area (Å²) in [7, 11) is 1.63. The highest BCUT2D eigenvalue weighted by molar-refractivity contribution is 5.79. The van der Waals surface area contributed by atoms with Crippen LogP contribution in [0.2, 0.25) is 0 Å². The van der Waals surface area contributed by atoms with E-state index >= 15 is 0 Å². The summed E-state index contributed by atoms with van der Waals surface area (Å²) in [5.41, 5.74) is 3.82. The Morgan fingerprint density at radius 2 is 2.30 bits per heavy atom. The minimum Gasteiger partial charge on any atom is -0.493 e. The molecule has 2 heterocycles. The molecule has 0 saturated carbocycles. The molecule has 3 rings (SSSR count). The second kappa shape index (κ2) is 6.32. The smallest absolute Gasteiger partial charge is 0.224 e. The standard InChI is InChI=1S/C17H21N3O3/c1-10-14(11(2)20-19-10)8-16(21)18-13-7-12-5-4-6-15(22-3)17(12)23-9-13/h4-6,13H,7-9H2,1-3H3,(H,18,21)(H,19,20)/t13-/m1/s1. The second-order valence-electron chi connectivity index (χ2n) is 5.82. The number of aromatic nitrogens is 2. The second-order valence-corrected chi connectivity index (χ2v) is 5.82. The van der Waals surface area contributed by atoms with Gasteiger partial charge in [-0.2, -0.15) is 5.10 Å². The number of benzene rings is 1. The van der Waals surface area contributed by atoms with Crippen LogP contribution >= 0.6 is 0 Å². The lowest BCUT2D eigenvalue weighted by Gasteiger charge is -2.27. The van der Waals surface area contributed by atoms with E-state index in [1.54, 1.807) is 7.11 Å². The number of rotatable bonds is 4. The van der Waals surface area contributed by atoms with Gasteiger partial charge in [0.15, 0.2) is 11.5 Å². The first-order valence-electron chi connectivity index (χ1n) is 7.67. The fourth-order valence-electron chi connectivity index (χ4n) is 2.92. The van der Waals surface area contributed by atoms with Crippen LogP contribution in [-0.4, -0.2) is 35.9 Å². The van der Waals surface area contributed by atoms with Gasteiger partial charge in [0, 0.05) is 16.8 Å². The van der Waals surface area contributed by atoms with Gasteiger partial charge in [-0.1, -0.05) is 12.1 Å². The fraction of sp³-hybridized carbons (Fsp3) is 0.412. The third-order valence-corrected chi connectivity index (χ3v) is 4.16. The minimum absolute atomic E-state index is 0.0162. The van der Waals surface area contributed by atoms with E-state index < -0.39 is 0 Å². The highest BCUT2D eigenvalue weighted by atomic mass is 16.5. The lowest BCUT2D eigenvalue weighted by atomic mass is 10.0. The van der Waals surface area contributed by atoms with E-state index in [4.69, 9.17) is 9.47 Å². The summed E-state index contributed by atoms with van der Waals surface area (Å²) in [5.74, 6) is 1.50. The minimum atomic E-state index is -0.0328. The summed E-state index contributed by atoms with van der Waals surface area (Å²) >= 11 is 0. The van der Waals surface area contributed by atoms with E-state index in [1.165, 1.54) is 0 Å². The van der Waals surface area contributed by atoms with Crippen LogP contribution < -0.4 is 14.8 Å². The number of carbonyl (C=O) groups is 1. The van der Waals surface area contributed by atoms with Gasteiger partial charge in [0.1, 0.15) is 6.61 Å². The first-order valence-corrected chi connectivity index (χ1v) is 7.67. The molecule has 1 aliphatic heterocycles. The van der Waals surface area contributed by atoms with Crippen molar-refractivity contribution in [2.75, 3.05) is 13.7 Å². The van der Waals surface area contributed by atoms with Crippen molar-refractivity contribution in [2.24, 2.45) is 0 Å². The molecule has 0 spiro atoms. The van der Waals surface area contributed by atoms with Crippen molar-refractivity contribution >= 4 is 5.91 Å². The van der Waals surface area contributed by atoms with Crippen LogP contribution in [0.15, 0.2) is 18.2 Å². The molecule has 2 aromatic rings. The highest BCUT2D eigenvalue weighted by Crippen LogP contribution is 2.34. The van der Waals surface area contributed by atoms with Crippen LogP contribution in [0.5, 0.6) is 11.5 Å². The molecule has 0 aliphatic carbocycles. The molecular formula is C17H21N3O3. The Hall–Kier alpha value is -2.50. The number of nitrogens with one attached hydrogen (secondary N) is 2. The van der Waals surface area contributed by atoms with Crippen molar-refractivity contribution in [3.63, 3.8) is 0 Å². The Kier molecular flexibility index (Phi) is 4.23. The molecule has 0 unspecified atom stereocenters. The van der Waals surface area contributed by atoms with Gasteiger partial charge in [-0.15, -0.1) is 0 Å². The number of carbonyl (C=O) groups excluding carboxylic acids is 1. The average Bonchev–Trinajstić information content (AvgIpc) is 2.86. The van der Waals surface area contributed by atoms with Gasteiger partial charge < -0.3 is 14.8 Å². The maximum Gasteiger partial charge on any atom is 0.224 e. The van der Waals surface area contributed by atoms with Crippen LogP contribution in [0.1, 0.15) is 22.5 Å². The maximum atomic E-state index is 12.3. The monoisotopic (exact) mass is 315 g/mol. The van der Waals surface area contributed by atoms with Crippen LogP contribution in [0.3, 0.4) is 0 Å². The third kappa shape index (κ3) is 3.16. The summed E-state index contributed by atoms with van der Waals surface area (Å²) in [4.78, 5) is 12.3. The van der Waals surface area contributed by atoms with Crippen molar-refractivity contribution < 1.29 is 14.3 Å². The normalized spacial score (nSPS) is 16.4. The highest BCUT2D eigenvalue weighted by Gasteiger charge is 2.24. The van der Waals surface area contributed by atoms with Crippen molar-refractivity contribution in [1.82, 2.24) is 15.5 Å². The lowest BCUT2D eigenvalue weighted by Crippen LogP contribution is -2.43. The maximum absolute atomic E-state index is 12.3. The molecule has 1 aliphatic rings. The van der Waals surface area contributed by atoms with Gasteiger partial charge in [-0.3, -0.25) is 9.89 Å². The van der Waals surface area contributed by atoms with E-state index in [0.29, 0.717) is 13.0 Å². The summed E-state index contributed by atoms with van der Waals surface area (Å²) in [6, 6.07) is 5.78. The molecule has 2 N–H and O–H groups in total. The molecule has 0 saturated heterocycles. The molecule has 0 radical (unpaired) electrons. The molecule has 1 amide bonds. The molecule has 0 bridgehead atoms. The lowest BCUT2D eigenvalue weighted by molar-refractivity contribution is -0.121. The van der Waals surface area contributed by atoms with Crippen LogP contribution in [0.25, 0.3) is 0 Å². The van der Waals surface area contributed by atoms with Crippen LogP contribution in [0.4, 0.5) is 0 Å². The Balaban J connectivity index is 1.64. The molecule has 6 nitrogen and oxygen atoms in total. The predicted molar refractivity (Wildman–Crippen MR) is 85.9 cm³/mol. The van der Waals surface area contributed by atoms with Crippen molar-refractivity contribution in [3.8, 4) is 11.5 Å². The number of hydrogen-bond donors (Lipinski definition) is 2. The van der Waals surface area contributed by atoms with Crippen molar-refractivity contribution in [1.29, 1.82) is 0 Å². The van der Waals surface area contributed by atoms with Crippen LogP contribution in [0, 0.1) is 13.8 Å². The summed E-state index contributed by atoms with van der Waals surface area (Å²) in [6.07, 6.45) is 1.07. The number of aryl methyl sites for hydroxylation is 2. The zero-order chi connectivity index (χ0) is 16.4. The van der Waals surface area contributed by atoms with Gasteiger partial charge in [-0.25, -0.2) is 0 Å². The Morgan fingerprint density at radius 1 is 1.48 bits per heavy atom. The number of nitrogens with zero attached hydrogens (tertiary/aromatic N) is 1. The van der Waals surface area contributed by atoms with Crippen molar-refractivity contribution in [2.45, 2.75) is 32.7 Å². The molecule has 23 heavy (non-hydrogen) atoms. The number of fused-ring (bicyclic) bond motifs is 1. The number of aromatic amines is 1. The molecule has 1 atom stereocenters. The van der Waals surface area contributed by atoms with Crippen LogP contribution in [-0.2, 0) is 17.6 Å². The average molecular weight is 315 g/mol. The number of para-hydroxylation sites is 1. The van der Waals surface area contributed by atoms with E-state index in [0.717, 1.165) is 40.4 Å². The van der Waals surface area contributed by atoms with E-state index in [9.17, 15) is 4.79 Å². The molecule has 0 fully saturated rings. The molecule has 122 valence electrons. The Labute approximate surface area is 135 Å². The SMILES string of the molecule is COc1cccc2c1OC[C@H](NC(=O)Cc1c(C)n[nH]c1C)C2. The topological polar surface area (TPSA) is 76.2 Å². The third-order valence-electron chi connectivity index (χ3n) is 4.16. The number of amides is 1. The number of ether oxygens (including phenoxy) is 2. The summed E-state index contributed by atoms with van der Waals surface area (Å²) in [5, 5.41) is 10.1. The fourth-order valence-corrected chi connectivity index (χ4v) is 2.92. The van der Waals surface area contributed by atoms with Gasteiger partial charge in [-0.05, 0) is 26.3 Å². The largest absolute Gasteiger partial charge is 0.493 e. The first-order chi connectivity index (χ1) is 11.1. The van der Waals surface area contributed by atoms with Gasteiger partial charge in [0.25, 0.3) is 0 Å². The number of methoxy groups -OCH3 is 1. The molecular weight excluding hydrogens is 294 g/mol.